The number of hydrogen-bond donors (Lipinski definition) is 0. The van der Waals surface area contributed by atoms with Gasteiger partial charge in [0, 0.05) is 70.6 Å². The van der Waals surface area contributed by atoms with Crippen LogP contribution in [0.25, 0.3) is 33.4 Å². The fourth-order valence-electron chi connectivity index (χ4n) is 6.00. The smallest absolute Gasteiger partial charge is 1.00 e. The maximum Gasteiger partial charge on any atom is 1.00 e. The number of carbonyl (C=O) groups is 2. The van der Waals surface area contributed by atoms with Gasteiger partial charge in [-0.15, -0.1) is 0 Å². The summed E-state index contributed by atoms with van der Waals surface area (Å²) in [6, 6.07) is 21.5. The predicted molar refractivity (Wildman–Crippen MR) is 162 cm³/mol. The van der Waals surface area contributed by atoms with E-state index in [4.69, 9.17) is 0 Å². The van der Waals surface area contributed by atoms with E-state index < -0.39 is 36.0 Å². The maximum absolute atomic E-state index is 11.9. The van der Waals surface area contributed by atoms with Gasteiger partial charge in [-0.3, -0.25) is 29.5 Å². The van der Waals surface area contributed by atoms with Crippen LogP contribution in [0.2, 0.25) is 0 Å². The fourth-order valence-corrected chi connectivity index (χ4v) is 6.00. The minimum absolute atomic E-state index is 0. The zero-order valence-corrected chi connectivity index (χ0v) is 29.9. The minimum atomic E-state index is -1.36. The number of aromatic nitrogens is 6. The second kappa shape index (κ2) is 20.1. The van der Waals surface area contributed by atoms with Crippen LogP contribution in [0.1, 0.15) is 71.0 Å². The first-order valence-electron chi connectivity index (χ1n) is 14.9. The molecule has 12 nitrogen and oxygen atoms in total. The summed E-state index contributed by atoms with van der Waals surface area (Å²) in [6.07, 6.45) is 4.16. The molecule has 0 aliphatic heterocycles. The molecule has 3 aliphatic carbocycles. The molecular formula is C36H26Li5N6O6+. The maximum atomic E-state index is 11.9. The first-order valence-corrected chi connectivity index (χ1v) is 14.9. The van der Waals surface area contributed by atoms with Gasteiger partial charge in [0.05, 0.1) is 11.1 Å². The van der Waals surface area contributed by atoms with E-state index >= 15 is 0 Å². The Hall–Kier alpha value is -2.93. The Morgan fingerprint density at radius 3 is 1.13 bits per heavy atom. The second-order valence-electron chi connectivity index (χ2n) is 11.0. The minimum Gasteiger partial charge on any atom is -1.00 e. The summed E-state index contributed by atoms with van der Waals surface area (Å²) < 4.78 is 0. The third-order valence-electron chi connectivity index (χ3n) is 8.23. The molecule has 0 amide bonds. The zero-order chi connectivity index (χ0) is 33.4. The Morgan fingerprint density at radius 1 is 0.434 bits per heavy atom. The molecule has 2 N–H and O–H groups in total. The van der Waals surface area contributed by atoms with Gasteiger partial charge in [0.1, 0.15) is 11.4 Å². The molecule has 0 bridgehead atoms. The van der Waals surface area contributed by atoms with Crippen molar-refractivity contribution in [1.82, 2.24) is 19.9 Å². The van der Waals surface area contributed by atoms with Crippen LogP contribution >= 0.6 is 0 Å². The summed E-state index contributed by atoms with van der Waals surface area (Å²) >= 11 is 0. The molecule has 17 heteroatoms. The molecule has 6 aromatic heterocycles. The monoisotopic (exact) mass is 673 g/mol. The van der Waals surface area contributed by atoms with Crippen LogP contribution < -0.4 is 125 Å². The average Bonchev–Trinajstić information content (AvgIpc) is 3.15. The molecule has 53 heavy (non-hydrogen) atoms. The molecule has 9 rings (SSSR count). The zero-order valence-electron chi connectivity index (χ0n) is 31.9. The van der Waals surface area contributed by atoms with Gasteiger partial charge in [-0.1, -0.05) is 36.5 Å². The van der Waals surface area contributed by atoms with Gasteiger partial charge in [0.15, 0.2) is 23.8 Å². The number of fused-ring (bicyclic) bond motifs is 9. The van der Waals surface area contributed by atoms with Crippen LogP contribution in [0.3, 0.4) is 0 Å². The van der Waals surface area contributed by atoms with Crippen LogP contribution in [0, 0.1) is 0 Å². The standard InChI is InChI=1S/2C12H8N2O2.C12H6N2O2.5Li.2H/c3*15-11-9-7(3-1-5-13-9)8-4-2-6-14-10(8)12(11)16;;;;;;;/h2*1-6,11-12H;1-6H;;;;;;;/q2*-2;;5*+1;2*-1/p+2. The quantitative estimate of drug-likeness (QED) is 0.110. The Bertz CT molecular complexity index is 1980. The number of rotatable bonds is 0. The molecule has 3 aliphatic rings. The van der Waals surface area contributed by atoms with Gasteiger partial charge < -0.3 is 23.3 Å². The molecule has 0 spiro atoms. The van der Waals surface area contributed by atoms with Crippen LogP contribution in [-0.4, -0.2) is 31.5 Å². The summed E-state index contributed by atoms with van der Waals surface area (Å²) in [7, 11) is 0. The van der Waals surface area contributed by atoms with Crippen molar-refractivity contribution in [3.8, 4) is 33.4 Å². The Kier molecular flexibility index (Phi) is 17.5. The third-order valence-corrected chi connectivity index (χ3v) is 8.23. The third kappa shape index (κ3) is 8.81. The number of hydrogen-bond acceptors (Lipinski definition) is 10. The van der Waals surface area contributed by atoms with Gasteiger partial charge in [0.2, 0.25) is 0 Å². The normalized spacial score (nSPS) is 17.5. The molecule has 0 saturated carbocycles. The molecule has 4 unspecified atom stereocenters. The predicted octanol–water partition coefficient (Wildman–Crippen LogP) is -14.5. The first-order chi connectivity index (χ1) is 23.4. The molecule has 240 valence electrons. The molecular weight excluding hydrogens is 647 g/mol. The van der Waals surface area contributed by atoms with Crippen LogP contribution in [0.5, 0.6) is 0 Å². The van der Waals surface area contributed by atoms with Crippen molar-refractivity contribution < 1.29 is 137 Å². The Balaban J connectivity index is 0.000000748. The van der Waals surface area contributed by atoms with Gasteiger partial charge in [-0.05, 0) is 48.6 Å². The largest absolute Gasteiger partial charge is 1.00 e. The Labute approximate surface area is 367 Å². The van der Waals surface area contributed by atoms with Crippen LogP contribution in [0.4, 0.5) is 0 Å². The summed E-state index contributed by atoms with van der Waals surface area (Å²) in [5, 5.41) is 47.5. The Morgan fingerprint density at radius 2 is 0.755 bits per heavy atom. The van der Waals surface area contributed by atoms with E-state index in [1.54, 1.807) is 60.9 Å². The molecule has 0 saturated heterocycles. The van der Waals surface area contributed by atoms with Crippen molar-refractivity contribution in [2.75, 3.05) is 0 Å². The van der Waals surface area contributed by atoms with E-state index in [1.165, 1.54) is 24.8 Å². The van der Waals surface area contributed by atoms with Crippen LogP contribution in [0.15, 0.2) is 110 Å². The van der Waals surface area contributed by atoms with E-state index in [0.29, 0.717) is 33.9 Å². The number of H-pyrrole nitrogens is 2. The molecule has 6 heterocycles. The summed E-state index contributed by atoms with van der Waals surface area (Å²) in [4.78, 5) is 45.1. The molecule has 0 radical (unpaired) electrons. The number of ketones is 2. The number of pyridine rings is 6. The van der Waals surface area contributed by atoms with E-state index in [0.717, 1.165) is 22.3 Å². The SMILES string of the molecule is O=C1C(=O)c2ncccc2-c2cccnc21.[H-].[H-].[Li+].[Li+].[Li+].[Li+].[Li+].[O-]C1c2[nH+]cccc2-c2ccc[nH+]c2C1[O-].[O-]C1c2ncccc2-c2cccnc2C1[O-]. The summed E-state index contributed by atoms with van der Waals surface area (Å²) in [5.74, 6) is -1.16. The number of nitrogens with one attached hydrogen (secondary N) is 2. The molecule has 6 aromatic rings. The number of Topliss-reactive ketones (excluding diaryl/α,β-unsaturated/α-hetero) is 2. The van der Waals surface area contributed by atoms with Crippen molar-refractivity contribution in [1.29, 1.82) is 0 Å². The fraction of sp³-hybridized carbons (Fsp3) is 0.111. The van der Waals surface area contributed by atoms with Gasteiger partial charge in [-0.25, -0.2) is 9.97 Å². The summed E-state index contributed by atoms with van der Waals surface area (Å²) in [5.41, 5.74) is 6.53. The van der Waals surface area contributed by atoms with Gasteiger partial charge in [-0.2, -0.15) is 0 Å². The van der Waals surface area contributed by atoms with E-state index in [9.17, 15) is 30.0 Å². The van der Waals surface area contributed by atoms with Crippen molar-refractivity contribution in [2.45, 2.75) is 24.4 Å². The van der Waals surface area contributed by atoms with Crippen molar-refractivity contribution >= 4 is 11.6 Å². The first kappa shape index (κ1) is 46.2. The number of nitrogens with zero attached hydrogens (tertiary/aromatic N) is 4. The van der Waals surface area contributed by atoms with Gasteiger partial charge >= 0.3 is 94.3 Å². The van der Waals surface area contributed by atoms with Crippen molar-refractivity contribution in [2.24, 2.45) is 0 Å². The average molecular weight is 673 g/mol. The van der Waals surface area contributed by atoms with Crippen molar-refractivity contribution in [3.63, 3.8) is 0 Å². The summed E-state index contributed by atoms with van der Waals surface area (Å²) in [6.45, 7) is 0. The number of aromatic amines is 2. The van der Waals surface area contributed by atoms with E-state index in [-0.39, 0.29) is 109 Å². The second-order valence-corrected chi connectivity index (χ2v) is 11.0. The molecule has 0 fully saturated rings. The van der Waals surface area contributed by atoms with Crippen molar-refractivity contribution in [3.05, 3.63) is 144 Å². The van der Waals surface area contributed by atoms with Crippen LogP contribution in [-0.2, 0) is 0 Å². The van der Waals surface area contributed by atoms with Gasteiger partial charge in [0.25, 0.3) is 11.6 Å². The topological polar surface area (TPSA) is 206 Å². The molecule has 4 atom stereocenters. The molecule has 0 aromatic carbocycles. The number of carbonyl (C=O) groups excluding carboxylic acids is 2. The van der Waals surface area contributed by atoms with E-state index in [1.807, 2.05) is 24.3 Å². The van der Waals surface area contributed by atoms with E-state index in [2.05, 4.69) is 29.9 Å².